The van der Waals surface area contributed by atoms with E-state index in [-0.39, 0.29) is 18.8 Å². The predicted molar refractivity (Wildman–Crippen MR) is 79.2 cm³/mol. The third-order valence-corrected chi connectivity index (χ3v) is 2.76. The predicted octanol–water partition coefficient (Wildman–Crippen LogP) is 0.279. The number of nitro benzene ring substituents is 1. The summed E-state index contributed by atoms with van der Waals surface area (Å²) in [6.45, 7) is 2.28. The minimum absolute atomic E-state index is 0.0499. The smallest absolute Gasteiger partial charge is 0.302 e. The number of benzene rings is 1. The maximum Gasteiger partial charge on any atom is 0.302 e. The van der Waals surface area contributed by atoms with E-state index in [1.807, 2.05) is 0 Å². The third-order valence-electron chi connectivity index (χ3n) is 2.76. The maximum atomic E-state index is 12.0. The van der Waals surface area contributed by atoms with Crippen molar-refractivity contribution in [1.82, 2.24) is 10.6 Å². The average Bonchev–Trinajstić information content (AvgIpc) is 2.48. The fourth-order valence-electron chi connectivity index (χ4n) is 1.68. The second kappa shape index (κ2) is 8.47. The summed E-state index contributed by atoms with van der Waals surface area (Å²) in [5.74, 6) is -1.53. The van der Waals surface area contributed by atoms with Crippen LogP contribution in [0.2, 0.25) is 0 Å². The molecule has 124 valence electrons. The van der Waals surface area contributed by atoms with Crippen LogP contribution in [0.4, 0.5) is 5.69 Å². The number of nitro groups is 1. The SMILES string of the molecule is CC(=O)N[C@@H](COC(C)=O)C(=O)NCc1ccc([N+](=O)[O-])cc1. The molecule has 0 aromatic heterocycles. The van der Waals surface area contributed by atoms with Crippen LogP contribution in [0.15, 0.2) is 24.3 Å². The number of nitrogens with zero attached hydrogens (tertiary/aromatic N) is 1. The summed E-state index contributed by atoms with van der Waals surface area (Å²) in [5.41, 5.74) is 0.601. The minimum atomic E-state index is -1.01. The lowest BCUT2D eigenvalue weighted by Crippen LogP contribution is -2.48. The monoisotopic (exact) mass is 323 g/mol. The zero-order valence-electron chi connectivity index (χ0n) is 12.7. The first kappa shape index (κ1) is 18.1. The number of carbonyl (C=O) groups is 3. The zero-order chi connectivity index (χ0) is 17.4. The van der Waals surface area contributed by atoms with Gasteiger partial charge in [-0.05, 0) is 5.56 Å². The molecule has 1 aromatic rings. The van der Waals surface area contributed by atoms with Crippen molar-refractivity contribution in [1.29, 1.82) is 0 Å². The standard InChI is InChI=1S/C14H17N3O6/c1-9(18)16-13(8-23-10(2)19)14(20)15-7-11-3-5-12(6-4-11)17(21)22/h3-6,13H,7-8H2,1-2H3,(H,15,20)(H,16,18)/t13-/m0/s1. The fraction of sp³-hybridized carbons (Fsp3) is 0.357. The second-order valence-electron chi connectivity index (χ2n) is 4.70. The molecule has 2 amide bonds. The van der Waals surface area contributed by atoms with E-state index >= 15 is 0 Å². The van der Waals surface area contributed by atoms with Crippen LogP contribution in [0.25, 0.3) is 0 Å². The normalized spacial score (nSPS) is 11.2. The van der Waals surface area contributed by atoms with Crippen molar-refractivity contribution in [2.75, 3.05) is 6.61 Å². The Bertz CT molecular complexity index is 599. The Balaban J connectivity index is 2.61. The first-order valence-electron chi connectivity index (χ1n) is 6.71. The van der Waals surface area contributed by atoms with Gasteiger partial charge in [0.25, 0.3) is 5.69 Å². The Labute approximate surface area is 132 Å². The van der Waals surface area contributed by atoms with E-state index < -0.39 is 28.7 Å². The Hall–Kier alpha value is -2.97. The summed E-state index contributed by atoms with van der Waals surface area (Å²) in [6.07, 6.45) is 0. The van der Waals surface area contributed by atoms with E-state index in [2.05, 4.69) is 10.6 Å². The van der Waals surface area contributed by atoms with Crippen molar-refractivity contribution in [2.45, 2.75) is 26.4 Å². The first-order chi connectivity index (χ1) is 10.8. The van der Waals surface area contributed by atoms with Crippen LogP contribution >= 0.6 is 0 Å². The van der Waals surface area contributed by atoms with Gasteiger partial charge < -0.3 is 15.4 Å². The summed E-state index contributed by atoms with van der Waals surface area (Å²) in [7, 11) is 0. The maximum absolute atomic E-state index is 12.0. The molecule has 0 bridgehead atoms. The van der Waals surface area contributed by atoms with Crippen molar-refractivity contribution in [2.24, 2.45) is 0 Å². The second-order valence-corrected chi connectivity index (χ2v) is 4.70. The lowest BCUT2D eigenvalue weighted by Gasteiger charge is -2.17. The molecule has 9 heteroatoms. The topological polar surface area (TPSA) is 128 Å². The molecule has 0 aliphatic carbocycles. The van der Waals surface area contributed by atoms with Gasteiger partial charge in [0.1, 0.15) is 12.6 Å². The Morgan fingerprint density at radius 1 is 1.22 bits per heavy atom. The number of amides is 2. The number of esters is 1. The van der Waals surface area contributed by atoms with Crippen molar-refractivity contribution >= 4 is 23.5 Å². The fourth-order valence-corrected chi connectivity index (χ4v) is 1.68. The summed E-state index contributed by atoms with van der Waals surface area (Å²) in [4.78, 5) is 43.9. The molecule has 0 spiro atoms. The summed E-state index contributed by atoms with van der Waals surface area (Å²) in [6, 6.07) is 4.67. The molecule has 0 radical (unpaired) electrons. The molecular formula is C14H17N3O6. The first-order valence-corrected chi connectivity index (χ1v) is 6.71. The number of rotatable bonds is 7. The molecule has 23 heavy (non-hydrogen) atoms. The van der Waals surface area contributed by atoms with Crippen LogP contribution in [0.5, 0.6) is 0 Å². The van der Waals surface area contributed by atoms with E-state index in [9.17, 15) is 24.5 Å². The van der Waals surface area contributed by atoms with Gasteiger partial charge in [0.2, 0.25) is 11.8 Å². The largest absolute Gasteiger partial charge is 0.463 e. The molecule has 0 unspecified atom stereocenters. The van der Waals surface area contributed by atoms with E-state index in [4.69, 9.17) is 4.74 Å². The number of ether oxygens (including phenoxy) is 1. The summed E-state index contributed by atoms with van der Waals surface area (Å²) in [5, 5.41) is 15.5. The van der Waals surface area contributed by atoms with Gasteiger partial charge in [-0.2, -0.15) is 0 Å². The quantitative estimate of drug-likeness (QED) is 0.421. The molecule has 0 fully saturated rings. The van der Waals surface area contributed by atoms with Crippen molar-refractivity contribution < 1.29 is 24.0 Å². The third kappa shape index (κ3) is 6.55. The van der Waals surface area contributed by atoms with Crippen LogP contribution in [-0.4, -0.2) is 35.4 Å². The van der Waals surface area contributed by atoms with E-state index in [1.165, 1.54) is 38.1 Å². The summed E-state index contributed by atoms with van der Waals surface area (Å²) < 4.78 is 4.73. The van der Waals surface area contributed by atoms with Crippen LogP contribution in [0, 0.1) is 10.1 Å². The Kier molecular flexibility index (Phi) is 6.66. The number of hydrogen-bond donors (Lipinski definition) is 2. The van der Waals surface area contributed by atoms with Gasteiger partial charge in [-0.25, -0.2) is 0 Å². The highest BCUT2D eigenvalue weighted by Gasteiger charge is 2.20. The minimum Gasteiger partial charge on any atom is -0.463 e. The van der Waals surface area contributed by atoms with Crippen molar-refractivity contribution in [3.05, 3.63) is 39.9 Å². The van der Waals surface area contributed by atoms with Crippen LogP contribution in [0.3, 0.4) is 0 Å². The van der Waals surface area contributed by atoms with E-state index in [0.29, 0.717) is 5.56 Å². The highest BCUT2D eigenvalue weighted by Crippen LogP contribution is 2.11. The molecular weight excluding hydrogens is 306 g/mol. The lowest BCUT2D eigenvalue weighted by molar-refractivity contribution is -0.384. The molecule has 9 nitrogen and oxygen atoms in total. The molecule has 0 saturated carbocycles. The number of carbonyl (C=O) groups excluding carboxylic acids is 3. The molecule has 1 atom stereocenters. The van der Waals surface area contributed by atoms with E-state index in [1.54, 1.807) is 0 Å². The van der Waals surface area contributed by atoms with Crippen LogP contribution in [0.1, 0.15) is 19.4 Å². The van der Waals surface area contributed by atoms with Gasteiger partial charge in [-0.3, -0.25) is 24.5 Å². The molecule has 2 N–H and O–H groups in total. The molecule has 0 saturated heterocycles. The van der Waals surface area contributed by atoms with Gasteiger partial charge >= 0.3 is 5.97 Å². The molecule has 1 aromatic carbocycles. The van der Waals surface area contributed by atoms with E-state index in [0.717, 1.165) is 0 Å². The molecule has 0 aliphatic rings. The van der Waals surface area contributed by atoms with Crippen molar-refractivity contribution in [3.8, 4) is 0 Å². The Morgan fingerprint density at radius 3 is 2.30 bits per heavy atom. The number of non-ortho nitro benzene ring substituents is 1. The highest BCUT2D eigenvalue weighted by molar-refractivity contribution is 5.87. The van der Waals surface area contributed by atoms with Gasteiger partial charge in [-0.1, -0.05) is 12.1 Å². The summed E-state index contributed by atoms with van der Waals surface area (Å²) >= 11 is 0. The molecule has 0 heterocycles. The number of nitrogens with one attached hydrogen (secondary N) is 2. The average molecular weight is 323 g/mol. The van der Waals surface area contributed by atoms with Gasteiger partial charge in [0.15, 0.2) is 0 Å². The van der Waals surface area contributed by atoms with Gasteiger partial charge in [-0.15, -0.1) is 0 Å². The Morgan fingerprint density at radius 2 is 1.83 bits per heavy atom. The molecule has 0 aliphatic heterocycles. The van der Waals surface area contributed by atoms with Gasteiger partial charge in [0, 0.05) is 32.5 Å². The van der Waals surface area contributed by atoms with Crippen LogP contribution < -0.4 is 10.6 Å². The van der Waals surface area contributed by atoms with Crippen molar-refractivity contribution in [3.63, 3.8) is 0 Å². The van der Waals surface area contributed by atoms with Gasteiger partial charge in [0.05, 0.1) is 4.92 Å². The molecule has 1 rings (SSSR count). The van der Waals surface area contributed by atoms with Crippen LogP contribution in [-0.2, 0) is 25.7 Å². The lowest BCUT2D eigenvalue weighted by atomic mass is 10.2. The zero-order valence-corrected chi connectivity index (χ0v) is 12.7. The number of hydrogen-bond acceptors (Lipinski definition) is 6. The highest BCUT2D eigenvalue weighted by atomic mass is 16.6.